The number of aromatic nitrogens is 2. The van der Waals surface area contributed by atoms with Crippen molar-refractivity contribution < 1.29 is 22.8 Å². The summed E-state index contributed by atoms with van der Waals surface area (Å²) in [6.07, 6.45) is -3.87. The second-order valence-corrected chi connectivity index (χ2v) is 7.68. The molecule has 2 N–H and O–H groups in total. The number of amides is 2. The minimum absolute atomic E-state index is 0.0166. The smallest absolute Gasteiger partial charge is 0.348 e. The predicted octanol–water partition coefficient (Wildman–Crippen LogP) is 4.72. The average molecular weight is 444 g/mol. The summed E-state index contributed by atoms with van der Waals surface area (Å²) in [6.45, 7) is 5.32. The van der Waals surface area contributed by atoms with Crippen LogP contribution in [0.2, 0.25) is 0 Å². The molecule has 0 radical (unpaired) electrons. The summed E-state index contributed by atoms with van der Waals surface area (Å²) in [5.41, 5.74) is 0.548. The summed E-state index contributed by atoms with van der Waals surface area (Å²) in [5.74, 6) is -1.26. The molecule has 9 heteroatoms. The molecule has 6 nitrogen and oxygen atoms in total. The molecule has 0 aliphatic heterocycles. The molecule has 0 unspecified atom stereocenters. The van der Waals surface area contributed by atoms with Crippen molar-refractivity contribution in [3.05, 3.63) is 77.1 Å². The van der Waals surface area contributed by atoms with Crippen molar-refractivity contribution in [1.82, 2.24) is 15.1 Å². The first kappa shape index (κ1) is 23.1. The van der Waals surface area contributed by atoms with E-state index in [0.717, 1.165) is 16.4 Å². The van der Waals surface area contributed by atoms with Gasteiger partial charge < -0.3 is 10.6 Å². The van der Waals surface area contributed by atoms with Gasteiger partial charge in [0.15, 0.2) is 5.69 Å². The third-order valence-corrected chi connectivity index (χ3v) is 4.73. The number of rotatable bonds is 6. The zero-order valence-electron chi connectivity index (χ0n) is 17.8. The van der Waals surface area contributed by atoms with E-state index in [0.29, 0.717) is 11.3 Å². The quantitative estimate of drug-likeness (QED) is 0.578. The second-order valence-electron chi connectivity index (χ2n) is 7.68. The lowest BCUT2D eigenvalue weighted by Gasteiger charge is -2.13. The molecule has 0 atom stereocenters. The number of hydrogen-bond acceptors (Lipinski definition) is 3. The third-order valence-electron chi connectivity index (χ3n) is 4.73. The molecule has 3 rings (SSSR count). The fourth-order valence-electron chi connectivity index (χ4n) is 2.99. The Morgan fingerprint density at radius 1 is 1.09 bits per heavy atom. The van der Waals surface area contributed by atoms with Gasteiger partial charge in [-0.2, -0.15) is 18.3 Å². The number of hydrogen-bond donors (Lipinski definition) is 2. The Hall–Kier alpha value is -3.62. The van der Waals surface area contributed by atoms with E-state index in [9.17, 15) is 22.8 Å². The van der Waals surface area contributed by atoms with E-state index in [1.165, 1.54) is 12.1 Å². The molecule has 0 saturated heterocycles. The van der Waals surface area contributed by atoms with Crippen LogP contribution in [0.25, 0.3) is 5.69 Å². The van der Waals surface area contributed by atoms with E-state index < -0.39 is 23.3 Å². The first-order chi connectivity index (χ1) is 15.1. The van der Waals surface area contributed by atoms with Gasteiger partial charge in [0, 0.05) is 18.2 Å². The van der Waals surface area contributed by atoms with Crippen molar-refractivity contribution >= 4 is 17.5 Å². The van der Waals surface area contributed by atoms with Crippen LogP contribution in [-0.2, 0) is 17.5 Å². The first-order valence-electron chi connectivity index (χ1n) is 9.96. The summed E-state index contributed by atoms with van der Waals surface area (Å²) < 4.78 is 42.1. The molecule has 3 aromatic rings. The van der Waals surface area contributed by atoms with Gasteiger partial charge in [-0.15, -0.1) is 0 Å². The molecule has 1 heterocycles. The lowest BCUT2D eigenvalue weighted by Crippen LogP contribution is -2.26. The highest BCUT2D eigenvalue weighted by Crippen LogP contribution is 2.33. The van der Waals surface area contributed by atoms with Crippen molar-refractivity contribution in [3.8, 4) is 5.69 Å². The fourth-order valence-corrected chi connectivity index (χ4v) is 2.99. The summed E-state index contributed by atoms with van der Waals surface area (Å²) in [6, 6.07) is 13.1. The van der Waals surface area contributed by atoms with E-state index in [1.54, 1.807) is 50.2 Å². The molecule has 0 saturated carbocycles. The topological polar surface area (TPSA) is 76.0 Å². The molecule has 0 fully saturated rings. The van der Waals surface area contributed by atoms with Crippen LogP contribution < -0.4 is 10.6 Å². The van der Waals surface area contributed by atoms with E-state index >= 15 is 0 Å². The third kappa shape index (κ3) is 5.35. The molecule has 1 aromatic heterocycles. The van der Waals surface area contributed by atoms with Gasteiger partial charge in [-0.25, -0.2) is 4.68 Å². The van der Waals surface area contributed by atoms with Gasteiger partial charge in [0.05, 0.1) is 17.4 Å². The lowest BCUT2D eigenvalue weighted by atomic mass is 10.1. The highest BCUT2D eigenvalue weighted by molar-refractivity contribution is 5.95. The van der Waals surface area contributed by atoms with Gasteiger partial charge in [-0.05, 0) is 36.8 Å². The van der Waals surface area contributed by atoms with E-state index in [4.69, 9.17) is 0 Å². The fraction of sp³-hybridized carbons (Fsp3) is 0.261. The monoisotopic (exact) mass is 444 g/mol. The highest BCUT2D eigenvalue weighted by atomic mass is 19.4. The van der Waals surface area contributed by atoms with Crippen LogP contribution >= 0.6 is 0 Å². The second kappa shape index (κ2) is 9.25. The molecule has 0 bridgehead atoms. The Balaban J connectivity index is 1.80. The molecule has 0 aliphatic carbocycles. The largest absolute Gasteiger partial charge is 0.434 e. The van der Waals surface area contributed by atoms with Crippen molar-refractivity contribution in [2.45, 2.75) is 33.5 Å². The average Bonchev–Trinajstić information content (AvgIpc) is 3.18. The van der Waals surface area contributed by atoms with Crippen molar-refractivity contribution in [2.24, 2.45) is 5.92 Å². The molecular weight excluding hydrogens is 421 g/mol. The SMILES string of the molecule is Cc1ccc(-n2ncc(C(=O)NCc3cccc(NC(=O)C(C)C)c3)c2C(F)(F)F)cc1. The predicted molar refractivity (Wildman–Crippen MR) is 114 cm³/mol. The van der Waals surface area contributed by atoms with E-state index in [1.807, 2.05) is 6.92 Å². The Kier molecular flexibility index (Phi) is 6.67. The maximum absolute atomic E-state index is 13.8. The number of alkyl halides is 3. The normalized spacial score (nSPS) is 11.5. The Bertz CT molecular complexity index is 1120. The number of carbonyl (C=O) groups excluding carboxylic acids is 2. The minimum Gasteiger partial charge on any atom is -0.348 e. The Labute approximate surface area is 183 Å². The molecule has 168 valence electrons. The van der Waals surface area contributed by atoms with Gasteiger partial charge in [0.1, 0.15) is 0 Å². The van der Waals surface area contributed by atoms with Crippen LogP contribution in [0.4, 0.5) is 18.9 Å². The van der Waals surface area contributed by atoms with Gasteiger partial charge in [0.2, 0.25) is 5.91 Å². The highest BCUT2D eigenvalue weighted by Gasteiger charge is 2.40. The number of carbonyl (C=O) groups is 2. The standard InChI is InChI=1S/C23H23F3N4O2/c1-14(2)21(31)29-17-6-4-5-16(11-17)12-27-22(32)19-13-28-30(20(19)23(24,25)26)18-9-7-15(3)8-10-18/h4-11,13-14H,12H2,1-3H3,(H,27,32)(H,29,31). The molecule has 0 spiro atoms. The summed E-state index contributed by atoms with van der Waals surface area (Å²) >= 11 is 0. The van der Waals surface area contributed by atoms with Gasteiger partial charge >= 0.3 is 6.18 Å². The van der Waals surface area contributed by atoms with Crippen LogP contribution in [0, 0.1) is 12.8 Å². The summed E-state index contributed by atoms with van der Waals surface area (Å²) in [7, 11) is 0. The van der Waals surface area contributed by atoms with Gasteiger partial charge in [-0.1, -0.05) is 43.7 Å². The molecular formula is C23H23F3N4O2. The van der Waals surface area contributed by atoms with E-state index in [-0.39, 0.29) is 24.1 Å². The van der Waals surface area contributed by atoms with Gasteiger partial charge in [-0.3, -0.25) is 9.59 Å². The number of halogens is 3. The van der Waals surface area contributed by atoms with Crippen LogP contribution in [0.5, 0.6) is 0 Å². The molecule has 0 aliphatic rings. The molecule has 2 amide bonds. The minimum atomic E-state index is -4.78. The number of anilines is 1. The van der Waals surface area contributed by atoms with E-state index in [2.05, 4.69) is 15.7 Å². The van der Waals surface area contributed by atoms with Crippen LogP contribution in [-0.4, -0.2) is 21.6 Å². The van der Waals surface area contributed by atoms with Crippen molar-refractivity contribution in [3.63, 3.8) is 0 Å². The van der Waals surface area contributed by atoms with Crippen LogP contribution in [0.1, 0.15) is 41.0 Å². The molecule has 2 aromatic carbocycles. The van der Waals surface area contributed by atoms with Gasteiger partial charge in [0.25, 0.3) is 5.91 Å². The Morgan fingerprint density at radius 2 is 1.78 bits per heavy atom. The zero-order chi connectivity index (χ0) is 23.5. The first-order valence-corrected chi connectivity index (χ1v) is 9.96. The maximum atomic E-state index is 13.8. The summed E-state index contributed by atoms with van der Waals surface area (Å²) in [5, 5.41) is 9.05. The van der Waals surface area contributed by atoms with Crippen molar-refractivity contribution in [2.75, 3.05) is 5.32 Å². The Morgan fingerprint density at radius 3 is 2.41 bits per heavy atom. The zero-order valence-corrected chi connectivity index (χ0v) is 17.8. The summed E-state index contributed by atoms with van der Waals surface area (Å²) in [4.78, 5) is 24.4. The van der Waals surface area contributed by atoms with Crippen molar-refractivity contribution in [1.29, 1.82) is 0 Å². The number of benzene rings is 2. The molecule has 32 heavy (non-hydrogen) atoms. The number of nitrogens with one attached hydrogen (secondary N) is 2. The lowest BCUT2D eigenvalue weighted by molar-refractivity contribution is -0.143. The number of aryl methyl sites for hydroxylation is 1. The van der Waals surface area contributed by atoms with Crippen LogP contribution in [0.15, 0.2) is 54.7 Å². The number of nitrogens with zero attached hydrogens (tertiary/aromatic N) is 2. The maximum Gasteiger partial charge on any atom is 0.434 e. The van der Waals surface area contributed by atoms with Crippen LogP contribution in [0.3, 0.4) is 0 Å².